The maximum atomic E-state index is 6.04. The summed E-state index contributed by atoms with van der Waals surface area (Å²) < 4.78 is 5.68. The highest BCUT2D eigenvalue weighted by molar-refractivity contribution is 4.95. The zero-order valence-corrected chi connectivity index (χ0v) is 10.6. The van der Waals surface area contributed by atoms with Gasteiger partial charge < -0.3 is 10.5 Å². The van der Waals surface area contributed by atoms with Gasteiger partial charge in [-0.25, -0.2) is 0 Å². The van der Waals surface area contributed by atoms with Gasteiger partial charge in [-0.1, -0.05) is 6.92 Å². The second-order valence-electron chi connectivity index (χ2n) is 5.47. The molecule has 0 amide bonds. The zero-order valence-electron chi connectivity index (χ0n) is 10.6. The van der Waals surface area contributed by atoms with E-state index in [-0.39, 0.29) is 5.54 Å². The molecule has 1 saturated carbocycles. The van der Waals surface area contributed by atoms with Crippen LogP contribution in [0, 0.1) is 5.92 Å². The Morgan fingerprint density at radius 3 is 2.75 bits per heavy atom. The highest BCUT2D eigenvalue weighted by Crippen LogP contribution is 2.34. The standard InChI is InChI=1S/C13H26N2O/c1-2-7-15(9-12-4-5-12)13(10-14)6-3-8-16-11-13/h12H,2-11,14H2,1H3. The fraction of sp³-hybridized carbons (Fsp3) is 1.00. The number of hydrogen-bond acceptors (Lipinski definition) is 3. The van der Waals surface area contributed by atoms with Gasteiger partial charge in [0.15, 0.2) is 0 Å². The van der Waals surface area contributed by atoms with Crippen molar-refractivity contribution in [3.63, 3.8) is 0 Å². The largest absolute Gasteiger partial charge is 0.379 e. The van der Waals surface area contributed by atoms with Crippen LogP contribution in [0.25, 0.3) is 0 Å². The first-order valence-electron chi connectivity index (χ1n) is 6.83. The molecule has 3 nitrogen and oxygen atoms in total. The van der Waals surface area contributed by atoms with Gasteiger partial charge in [-0.05, 0) is 44.6 Å². The zero-order chi connectivity index (χ0) is 11.4. The summed E-state index contributed by atoms with van der Waals surface area (Å²) in [5.74, 6) is 0.942. The van der Waals surface area contributed by atoms with Crippen molar-refractivity contribution in [3.05, 3.63) is 0 Å². The van der Waals surface area contributed by atoms with Gasteiger partial charge in [-0.3, -0.25) is 4.90 Å². The maximum Gasteiger partial charge on any atom is 0.0662 e. The molecule has 0 spiro atoms. The molecule has 0 bridgehead atoms. The third-order valence-electron chi connectivity index (χ3n) is 4.02. The van der Waals surface area contributed by atoms with Crippen molar-refractivity contribution in [1.82, 2.24) is 4.90 Å². The molecule has 1 heterocycles. The molecule has 3 heteroatoms. The molecule has 2 rings (SSSR count). The molecule has 0 aromatic heterocycles. The Bertz CT molecular complexity index is 210. The lowest BCUT2D eigenvalue weighted by atomic mass is 9.89. The van der Waals surface area contributed by atoms with E-state index in [1.807, 2.05) is 0 Å². The van der Waals surface area contributed by atoms with E-state index in [4.69, 9.17) is 10.5 Å². The van der Waals surface area contributed by atoms with Crippen LogP contribution >= 0.6 is 0 Å². The minimum absolute atomic E-state index is 0.150. The van der Waals surface area contributed by atoms with E-state index >= 15 is 0 Å². The number of rotatable bonds is 6. The van der Waals surface area contributed by atoms with Gasteiger partial charge in [-0.2, -0.15) is 0 Å². The lowest BCUT2D eigenvalue weighted by molar-refractivity contribution is -0.0468. The van der Waals surface area contributed by atoms with Crippen LogP contribution < -0.4 is 5.73 Å². The van der Waals surface area contributed by atoms with E-state index in [2.05, 4.69) is 11.8 Å². The van der Waals surface area contributed by atoms with Crippen molar-refractivity contribution in [3.8, 4) is 0 Å². The summed E-state index contributed by atoms with van der Waals surface area (Å²) in [7, 11) is 0. The van der Waals surface area contributed by atoms with Crippen molar-refractivity contribution < 1.29 is 4.74 Å². The minimum Gasteiger partial charge on any atom is -0.379 e. The fourth-order valence-electron chi connectivity index (χ4n) is 2.78. The van der Waals surface area contributed by atoms with Crippen molar-refractivity contribution in [2.75, 3.05) is 32.8 Å². The lowest BCUT2D eigenvalue weighted by Crippen LogP contribution is -2.59. The summed E-state index contributed by atoms with van der Waals surface area (Å²) in [5.41, 5.74) is 6.19. The third kappa shape index (κ3) is 2.76. The summed E-state index contributed by atoms with van der Waals surface area (Å²) in [4.78, 5) is 2.63. The molecule has 1 unspecified atom stereocenters. The van der Waals surface area contributed by atoms with Crippen molar-refractivity contribution in [2.24, 2.45) is 11.7 Å². The molecule has 0 aromatic carbocycles. The first-order valence-corrected chi connectivity index (χ1v) is 6.83. The second-order valence-corrected chi connectivity index (χ2v) is 5.47. The molecule has 1 aliphatic heterocycles. The normalized spacial score (nSPS) is 30.9. The smallest absolute Gasteiger partial charge is 0.0662 e. The van der Waals surface area contributed by atoms with Crippen LogP contribution in [0.2, 0.25) is 0 Å². The van der Waals surface area contributed by atoms with Gasteiger partial charge in [0, 0.05) is 19.7 Å². The molecule has 0 radical (unpaired) electrons. The Kier molecular flexibility index (Phi) is 4.22. The van der Waals surface area contributed by atoms with Crippen LogP contribution in [0.4, 0.5) is 0 Å². The molecule has 1 aliphatic carbocycles. The van der Waals surface area contributed by atoms with E-state index in [1.165, 1.54) is 45.2 Å². The highest BCUT2D eigenvalue weighted by Gasteiger charge is 2.39. The van der Waals surface area contributed by atoms with Gasteiger partial charge in [-0.15, -0.1) is 0 Å². The molecule has 2 aliphatic rings. The van der Waals surface area contributed by atoms with E-state index in [0.29, 0.717) is 0 Å². The molecule has 16 heavy (non-hydrogen) atoms. The van der Waals surface area contributed by atoms with E-state index in [1.54, 1.807) is 0 Å². The highest BCUT2D eigenvalue weighted by atomic mass is 16.5. The third-order valence-corrected chi connectivity index (χ3v) is 4.02. The predicted octanol–water partition coefficient (Wildman–Crippen LogP) is 1.62. The molecule has 1 atom stereocenters. The van der Waals surface area contributed by atoms with Gasteiger partial charge >= 0.3 is 0 Å². The Balaban J connectivity index is 2.00. The summed E-state index contributed by atoms with van der Waals surface area (Å²) in [6.07, 6.45) is 6.44. The van der Waals surface area contributed by atoms with E-state index in [9.17, 15) is 0 Å². The van der Waals surface area contributed by atoms with Crippen LogP contribution in [0.1, 0.15) is 39.0 Å². The van der Waals surface area contributed by atoms with Crippen LogP contribution in [-0.4, -0.2) is 43.3 Å². The van der Waals surface area contributed by atoms with Gasteiger partial charge in [0.25, 0.3) is 0 Å². The van der Waals surface area contributed by atoms with Crippen molar-refractivity contribution >= 4 is 0 Å². The monoisotopic (exact) mass is 226 g/mol. The summed E-state index contributed by atoms with van der Waals surface area (Å²) in [6.45, 7) is 7.19. The Hall–Kier alpha value is -0.120. The number of hydrogen-bond donors (Lipinski definition) is 1. The van der Waals surface area contributed by atoms with Crippen LogP contribution in [0.5, 0.6) is 0 Å². The molecular formula is C13H26N2O. The first kappa shape index (κ1) is 12.3. The molecule has 0 aromatic rings. The summed E-state index contributed by atoms with van der Waals surface area (Å²) in [5, 5.41) is 0. The topological polar surface area (TPSA) is 38.5 Å². The number of nitrogens with two attached hydrogens (primary N) is 1. The predicted molar refractivity (Wildman–Crippen MR) is 66.4 cm³/mol. The average Bonchev–Trinajstić information content (AvgIpc) is 3.13. The van der Waals surface area contributed by atoms with E-state index < -0.39 is 0 Å². The number of nitrogens with zero attached hydrogens (tertiary/aromatic N) is 1. The van der Waals surface area contributed by atoms with Crippen LogP contribution in [0.3, 0.4) is 0 Å². The first-order chi connectivity index (χ1) is 7.80. The Morgan fingerprint density at radius 2 is 2.25 bits per heavy atom. The Labute approximate surface area is 99.3 Å². The van der Waals surface area contributed by atoms with Crippen LogP contribution in [0.15, 0.2) is 0 Å². The van der Waals surface area contributed by atoms with Gasteiger partial charge in [0.1, 0.15) is 0 Å². The van der Waals surface area contributed by atoms with Crippen molar-refractivity contribution in [1.29, 1.82) is 0 Å². The molecule has 2 N–H and O–H groups in total. The van der Waals surface area contributed by atoms with Crippen LogP contribution in [-0.2, 0) is 4.74 Å². The lowest BCUT2D eigenvalue weighted by Gasteiger charge is -2.45. The summed E-state index contributed by atoms with van der Waals surface area (Å²) in [6, 6.07) is 0. The number of ether oxygens (including phenoxy) is 1. The molecule has 94 valence electrons. The summed E-state index contributed by atoms with van der Waals surface area (Å²) >= 11 is 0. The fourth-order valence-corrected chi connectivity index (χ4v) is 2.78. The quantitative estimate of drug-likeness (QED) is 0.748. The van der Waals surface area contributed by atoms with Crippen molar-refractivity contribution in [2.45, 2.75) is 44.6 Å². The molecular weight excluding hydrogens is 200 g/mol. The van der Waals surface area contributed by atoms with E-state index in [0.717, 1.165) is 25.7 Å². The maximum absolute atomic E-state index is 6.04. The SMILES string of the molecule is CCCN(CC1CC1)C1(CN)CCCOC1. The molecule has 2 fully saturated rings. The second kappa shape index (κ2) is 5.48. The van der Waals surface area contributed by atoms with Gasteiger partial charge in [0.05, 0.1) is 12.1 Å². The molecule has 1 saturated heterocycles. The van der Waals surface area contributed by atoms with Gasteiger partial charge in [0.2, 0.25) is 0 Å². The average molecular weight is 226 g/mol. The Morgan fingerprint density at radius 1 is 1.44 bits per heavy atom. The minimum atomic E-state index is 0.150.